The van der Waals surface area contributed by atoms with Gasteiger partial charge in [0.2, 0.25) is 0 Å². The van der Waals surface area contributed by atoms with Crippen LogP contribution in [0, 0.1) is 5.92 Å². The molecule has 0 radical (unpaired) electrons. The monoisotopic (exact) mass is 190 g/mol. The van der Waals surface area contributed by atoms with Crippen molar-refractivity contribution in [2.45, 2.75) is 33.1 Å². The Hall–Kier alpha value is -0.180. The molecule has 0 aromatic rings. The van der Waals surface area contributed by atoms with E-state index >= 15 is 0 Å². The van der Waals surface area contributed by atoms with Crippen molar-refractivity contribution in [1.82, 2.24) is 0 Å². The Balaban J connectivity index is 3.81. The highest BCUT2D eigenvalue weighted by Gasteiger charge is 2.17. The molecule has 1 unspecified atom stereocenters. The standard InChI is InChI=1S/C9H18O2S/c1-3-5-8(6-7-12)9(10)11-4-2/h8,12H,3-7H2,1-2H3. The molecule has 0 heterocycles. The van der Waals surface area contributed by atoms with Gasteiger partial charge in [-0.05, 0) is 25.5 Å². The van der Waals surface area contributed by atoms with E-state index in [1.54, 1.807) is 0 Å². The number of rotatable bonds is 6. The van der Waals surface area contributed by atoms with E-state index in [9.17, 15) is 4.79 Å². The zero-order valence-corrected chi connectivity index (χ0v) is 8.77. The second kappa shape index (κ2) is 7.47. The molecule has 0 aromatic carbocycles. The van der Waals surface area contributed by atoms with Crippen LogP contribution in [-0.2, 0) is 9.53 Å². The van der Waals surface area contributed by atoms with E-state index in [4.69, 9.17) is 4.74 Å². The number of hydrogen-bond acceptors (Lipinski definition) is 3. The summed E-state index contributed by atoms with van der Waals surface area (Å²) in [6.07, 6.45) is 2.77. The molecule has 0 aliphatic carbocycles. The molecule has 0 N–H and O–H groups in total. The molecule has 0 rings (SSSR count). The Labute approximate surface area is 80.1 Å². The number of hydrogen-bond donors (Lipinski definition) is 1. The molecule has 0 fully saturated rings. The third-order valence-corrected chi connectivity index (χ3v) is 1.99. The van der Waals surface area contributed by atoms with Gasteiger partial charge in [0.25, 0.3) is 0 Å². The molecule has 72 valence electrons. The minimum atomic E-state index is -0.0617. The van der Waals surface area contributed by atoms with E-state index in [1.165, 1.54) is 0 Å². The van der Waals surface area contributed by atoms with Crippen molar-refractivity contribution in [3.63, 3.8) is 0 Å². The summed E-state index contributed by atoms with van der Waals surface area (Å²) in [5, 5.41) is 0. The zero-order chi connectivity index (χ0) is 9.40. The van der Waals surface area contributed by atoms with Gasteiger partial charge in [-0.2, -0.15) is 12.6 Å². The van der Waals surface area contributed by atoms with Gasteiger partial charge in [0.1, 0.15) is 0 Å². The van der Waals surface area contributed by atoms with Gasteiger partial charge in [-0.3, -0.25) is 4.79 Å². The molecule has 2 nitrogen and oxygen atoms in total. The van der Waals surface area contributed by atoms with Gasteiger partial charge in [0.15, 0.2) is 0 Å². The van der Waals surface area contributed by atoms with E-state index in [2.05, 4.69) is 19.6 Å². The molecule has 1 atom stereocenters. The fourth-order valence-corrected chi connectivity index (χ4v) is 1.46. The van der Waals surface area contributed by atoms with Gasteiger partial charge >= 0.3 is 5.97 Å². The molecular weight excluding hydrogens is 172 g/mol. The Kier molecular flexibility index (Phi) is 7.36. The molecule has 0 bridgehead atoms. The average Bonchev–Trinajstić information content (AvgIpc) is 2.04. The highest BCUT2D eigenvalue weighted by molar-refractivity contribution is 7.80. The molecule has 0 spiro atoms. The fraction of sp³-hybridized carbons (Fsp3) is 0.889. The van der Waals surface area contributed by atoms with E-state index in [0.29, 0.717) is 6.61 Å². The normalized spacial score (nSPS) is 12.6. The first kappa shape index (κ1) is 11.8. The van der Waals surface area contributed by atoms with Gasteiger partial charge in [0, 0.05) is 0 Å². The van der Waals surface area contributed by atoms with Gasteiger partial charge in [-0.1, -0.05) is 13.3 Å². The van der Waals surface area contributed by atoms with Crippen molar-refractivity contribution in [3.05, 3.63) is 0 Å². The van der Waals surface area contributed by atoms with Crippen LogP contribution in [0.1, 0.15) is 33.1 Å². The van der Waals surface area contributed by atoms with Crippen LogP contribution >= 0.6 is 12.6 Å². The first-order chi connectivity index (χ1) is 5.76. The van der Waals surface area contributed by atoms with Crippen LogP contribution in [0.25, 0.3) is 0 Å². The number of thiol groups is 1. The van der Waals surface area contributed by atoms with Crippen LogP contribution in [-0.4, -0.2) is 18.3 Å². The van der Waals surface area contributed by atoms with E-state index in [-0.39, 0.29) is 11.9 Å². The molecule has 3 heteroatoms. The van der Waals surface area contributed by atoms with Crippen LogP contribution in [0.15, 0.2) is 0 Å². The van der Waals surface area contributed by atoms with Crippen LogP contribution in [0.3, 0.4) is 0 Å². The smallest absolute Gasteiger partial charge is 0.308 e. The lowest BCUT2D eigenvalue weighted by Crippen LogP contribution is -2.18. The van der Waals surface area contributed by atoms with E-state index < -0.39 is 0 Å². The molecule has 12 heavy (non-hydrogen) atoms. The maximum atomic E-state index is 11.3. The highest BCUT2D eigenvalue weighted by atomic mass is 32.1. The summed E-state index contributed by atoms with van der Waals surface area (Å²) in [6.45, 7) is 4.39. The lowest BCUT2D eigenvalue weighted by atomic mass is 10.0. The first-order valence-corrected chi connectivity index (χ1v) is 5.16. The number of ether oxygens (including phenoxy) is 1. The van der Waals surface area contributed by atoms with Crippen molar-refractivity contribution in [1.29, 1.82) is 0 Å². The van der Waals surface area contributed by atoms with Crippen LogP contribution in [0.4, 0.5) is 0 Å². The molecule has 0 saturated heterocycles. The summed E-state index contributed by atoms with van der Waals surface area (Å²) in [6, 6.07) is 0. The van der Waals surface area contributed by atoms with Crippen molar-refractivity contribution < 1.29 is 9.53 Å². The number of esters is 1. The predicted octanol–water partition coefficient (Wildman–Crippen LogP) is 2.29. The fourth-order valence-electron chi connectivity index (χ4n) is 1.14. The zero-order valence-electron chi connectivity index (χ0n) is 7.88. The molecule has 0 saturated carbocycles. The third-order valence-electron chi connectivity index (χ3n) is 1.73. The summed E-state index contributed by atoms with van der Waals surface area (Å²) in [4.78, 5) is 11.3. The summed E-state index contributed by atoms with van der Waals surface area (Å²) in [5.74, 6) is 0.754. The lowest BCUT2D eigenvalue weighted by molar-refractivity contribution is -0.148. The maximum absolute atomic E-state index is 11.3. The minimum absolute atomic E-state index is 0.0617. The van der Waals surface area contributed by atoms with Gasteiger partial charge in [0.05, 0.1) is 12.5 Å². The Morgan fingerprint density at radius 2 is 2.08 bits per heavy atom. The van der Waals surface area contributed by atoms with Gasteiger partial charge < -0.3 is 4.74 Å². The Morgan fingerprint density at radius 1 is 1.42 bits per heavy atom. The molecule has 0 aliphatic rings. The van der Waals surface area contributed by atoms with E-state index in [0.717, 1.165) is 25.0 Å². The maximum Gasteiger partial charge on any atom is 0.308 e. The predicted molar refractivity (Wildman–Crippen MR) is 53.5 cm³/mol. The summed E-state index contributed by atoms with van der Waals surface area (Å²) < 4.78 is 4.94. The summed E-state index contributed by atoms with van der Waals surface area (Å²) in [5.41, 5.74) is 0. The number of carbonyl (C=O) groups is 1. The molecular formula is C9H18O2S. The van der Waals surface area contributed by atoms with Crippen molar-refractivity contribution in [3.8, 4) is 0 Å². The molecule has 0 aliphatic heterocycles. The molecule has 0 aromatic heterocycles. The summed E-state index contributed by atoms with van der Waals surface area (Å²) >= 11 is 4.11. The van der Waals surface area contributed by atoms with Crippen LogP contribution in [0.5, 0.6) is 0 Å². The largest absolute Gasteiger partial charge is 0.466 e. The topological polar surface area (TPSA) is 26.3 Å². The lowest BCUT2D eigenvalue weighted by Gasteiger charge is -2.12. The van der Waals surface area contributed by atoms with Crippen LogP contribution in [0.2, 0.25) is 0 Å². The SMILES string of the molecule is CCCC(CCS)C(=O)OCC. The van der Waals surface area contributed by atoms with Gasteiger partial charge in [-0.25, -0.2) is 0 Å². The van der Waals surface area contributed by atoms with Crippen LogP contribution < -0.4 is 0 Å². The molecule has 0 amide bonds. The Morgan fingerprint density at radius 3 is 2.50 bits per heavy atom. The van der Waals surface area contributed by atoms with Crippen molar-refractivity contribution >= 4 is 18.6 Å². The second-order valence-corrected chi connectivity index (χ2v) is 3.20. The highest BCUT2D eigenvalue weighted by Crippen LogP contribution is 2.13. The van der Waals surface area contributed by atoms with E-state index in [1.807, 2.05) is 6.92 Å². The minimum Gasteiger partial charge on any atom is -0.466 e. The van der Waals surface area contributed by atoms with Gasteiger partial charge in [-0.15, -0.1) is 0 Å². The third kappa shape index (κ3) is 4.65. The summed E-state index contributed by atoms with van der Waals surface area (Å²) in [7, 11) is 0. The Bertz CT molecular complexity index is 120. The second-order valence-electron chi connectivity index (χ2n) is 2.75. The van der Waals surface area contributed by atoms with Crippen molar-refractivity contribution in [2.24, 2.45) is 5.92 Å². The average molecular weight is 190 g/mol. The van der Waals surface area contributed by atoms with Crippen molar-refractivity contribution in [2.75, 3.05) is 12.4 Å². The first-order valence-electron chi connectivity index (χ1n) is 4.53. The number of carbonyl (C=O) groups excluding carboxylic acids is 1. The quantitative estimate of drug-likeness (QED) is 0.514.